The van der Waals surface area contributed by atoms with Gasteiger partial charge in [0.15, 0.2) is 0 Å². The number of anilines is 1. The second-order valence-corrected chi connectivity index (χ2v) is 7.14. The van der Waals surface area contributed by atoms with Crippen LogP contribution >= 0.6 is 0 Å². The maximum absolute atomic E-state index is 12.4. The molecule has 0 aliphatic heterocycles. The van der Waals surface area contributed by atoms with E-state index in [0.29, 0.717) is 5.92 Å². The predicted octanol–water partition coefficient (Wildman–Crippen LogP) is 5.32. The molecule has 1 heterocycles. The summed E-state index contributed by atoms with van der Waals surface area (Å²) in [6, 6.07) is 15.9. The van der Waals surface area contributed by atoms with Crippen molar-refractivity contribution >= 4 is 11.8 Å². The number of carbonyl (C=O) groups excluding carboxylic acids is 1. The molecule has 0 spiro atoms. The van der Waals surface area contributed by atoms with E-state index in [0.717, 1.165) is 46.6 Å². The SMILES string of the molecule is Cc1ccc(-c2n[nH]c(C3CC3)c2NC(=O)OCc2ccccc2)c(C)c1. The van der Waals surface area contributed by atoms with Crippen LogP contribution in [0.15, 0.2) is 48.5 Å². The van der Waals surface area contributed by atoms with E-state index in [1.54, 1.807) is 0 Å². The van der Waals surface area contributed by atoms with Gasteiger partial charge in [-0.25, -0.2) is 4.79 Å². The third kappa shape index (κ3) is 3.87. The van der Waals surface area contributed by atoms with Crippen molar-refractivity contribution in [3.63, 3.8) is 0 Å². The van der Waals surface area contributed by atoms with Crippen LogP contribution in [-0.2, 0) is 11.3 Å². The molecule has 1 aliphatic rings. The second kappa shape index (κ2) is 7.27. The van der Waals surface area contributed by atoms with Gasteiger partial charge in [0, 0.05) is 11.5 Å². The number of nitrogens with one attached hydrogen (secondary N) is 2. The van der Waals surface area contributed by atoms with Gasteiger partial charge in [0.2, 0.25) is 0 Å². The number of carbonyl (C=O) groups is 1. The summed E-state index contributed by atoms with van der Waals surface area (Å²) in [5, 5.41) is 10.6. The molecule has 0 saturated heterocycles. The molecule has 0 unspecified atom stereocenters. The third-order valence-electron chi connectivity index (χ3n) is 4.86. The third-order valence-corrected chi connectivity index (χ3v) is 4.86. The molecular formula is C22H23N3O2. The molecule has 138 valence electrons. The van der Waals surface area contributed by atoms with Gasteiger partial charge in [0.1, 0.15) is 12.3 Å². The topological polar surface area (TPSA) is 67.0 Å². The average molecular weight is 361 g/mol. The Morgan fingerprint density at radius 3 is 2.67 bits per heavy atom. The molecule has 2 aromatic carbocycles. The highest BCUT2D eigenvalue weighted by atomic mass is 16.5. The second-order valence-electron chi connectivity index (χ2n) is 7.14. The van der Waals surface area contributed by atoms with Crippen molar-refractivity contribution in [2.75, 3.05) is 5.32 Å². The lowest BCUT2D eigenvalue weighted by atomic mass is 10.0. The zero-order valence-corrected chi connectivity index (χ0v) is 15.6. The molecule has 1 saturated carbocycles. The summed E-state index contributed by atoms with van der Waals surface area (Å²) in [6.07, 6.45) is 1.76. The van der Waals surface area contributed by atoms with Crippen molar-refractivity contribution in [1.29, 1.82) is 0 Å². The number of amides is 1. The number of aromatic nitrogens is 2. The van der Waals surface area contributed by atoms with E-state index in [1.807, 2.05) is 30.3 Å². The quantitative estimate of drug-likeness (QED) is 0.646. The minimum absolute atomic E-state index is 0.238. The van der Waals surface area contributed by atoms with Gasteiger partial charge in [0.05, 0.1) is 11.4 Å². The van der Waals surface area contributed by atoms with Gasteiger partial charge >= 0.3 is 6.09 Å². The zero-order chi connectivity index (χ0) is 18.8. The maximum Gasteiger partial charge on any atom is 0.412 e. The van der Waals surface area contributed by atoms with Crippen LogP contribution in [-0.4, -0.2) is 16.3 Å². The summed E-state index contributed by atoms with van der Waals surface area (Å²) in [7, 11) is 0. The van der Waals surface area contributed by atoms with Gasteiger partial charge < -0.3 is 4.74 Å². The summed E-state index contributed by atoms with van der Waals surface area (Å²) < 4.78 is 5.41. The van der Waals surface area contributed by atoms with Crippen LogP contribution in [0.4, 0.5) is 10.5 Å². The predicted molar refractivity (Wildman–Crippen MR) is 106 cm³/mol. The molecule has 1 fully saturated rings. The first-order valence-electron chi connectivity index (χ1n) is 9.25. The van der Waals surface area contributed by atoms with E-state index < -0.39 is 6.09 Å². The largest absolute Gasteiger partial charge is 0.444 e. The average Bonchev–Trinajstić information content (AvgIpc) is 3.43. The van der Waals surface area contributed by atoms with Crippen molar-refractivity contribution in [2.24, 2.45) is 0 Å². The summed E-state index contributed by atoms with van der Waals surface area (Å²) in [5.41, 5.74) is 6.80. The number of hydrogen-bond donors (Lipinski definition) is 2. The number of nitrogens with zero attached hydrogens (tertiary/aromatic N) is 1. The highest BCUT2D eigenvalue weighted by Gasteiger charge is 2.31. The summed E-state index contributed by atoms with van der Waals surface area (Å²) in [5.74, 6) is 0.432. The molecule has 5 nitrogen and oxygen atoms in total. The Morgan fingerprint density at radius 2 is 1.96 bits per heavy atom. The molecule has 1 aromatic heterocycles. The molecule has 1 amide bonds. The fourth-order valence-electron chi connectivity index (χ4n) is 3.28. The minimum atomic E-state index is -0.465. The van der Waals surface area contributed by atoms with Gasteiger partial charge in [-0.15, -0.1) is 0 Å². The van der Waals surface area contributed by atoms with Crippen LogP contribution in [0.1, 0.15) is 41.1 Å². The van der Waals surface area contributed by atoms with Gasteiger partial charge in [-0.05, 0) is 37.8 Å². The van der Waals surface area contributed by atoms with Gasteiger partial charge in [0.25, 0.3) is 0 Å². The van der Waals surface area contributed by atoms with E-state index in [2.05, 4.69) is 47.6 Å². The highest BCUT2D eigenvalue weighted by molar-refractivity contribution is 5.92. The normalized spacial score (nSPS) is 13.4. The molecule has 5 heteroatoms. The number of ether oxygens (including phenoxy) is 1. The van der Waals surface area contributed by atoms with Gasteiger partial charge in [-0.3, -0.25) is 10.4 Å². The first-order valence-corrected chi connectivity index (χ1v) is 9.25. The Balaban J connectivity index is 1.57. The molecule has 0 radical (unpaired) electrons. The van der Waals surface area contributed by atoms with Crippen molar-refractivity contribution in [3.8, 4) is 11.3 Å². The van der Waals surface area contributed by atoms with Crippen LogP contribution in [0.3, 0.4) is 0 Å². The number of benzene rings is 2. The Morgan fingerprint density at radius 1 is 1.19 bits per heavy atom. The fourth-order valence-corrected chi connectivity index (χ4v) is 3.28. The lowest BCUT2D eigenvalue weighted by Gasteiger charge is -2.11. The van der Waals surface area contributed by atoms with Crippen molar-refractivity contribution in [2.45, 2.75) is 39.2 Å². The lowest BCUT2D eigenvalue weighted by Crippen LogP contribution is -2.14. The number of hydrogen-bond acceptors (Lipinski definition) is 3. The van der Waals surface area contributed by atoms with Gasteiger partial charge in [-0.1, -0.05) is 54.1 Å². The van der Waals surface area contributed by atoms with E-state index in [4.69, 9.17) is 4.74 Å². The molecule has 4 rings (SSSR count). The number of H-pyrrole nitrogens is 1. The van der Waals surface area contributed by atoms with Crippen LogP contribution in [0.2, 0.25) is 0 Å². The maximum atomic E-state index is 12.4. The smallest absolute Gasteiger partial charge is 0.412 e. The summed E-state index contributed by atoms with van der Waals surface area (Å²) in [4.78, 5) is 12.4. The Kier molecular flexibility index (Phi) is 4.67. The number of aromatic amines is 1. The van der Waals surface area contributed by atoms with E-state index in [9.17, 15) is 4.79 Å². The monoisotopic (exact) mass is 361 g/mol. The Labute approximate surface area is 158 Å². The zero-order valence-electron chi connectivity index (χ0n) is 15.6. The van der Waals surface area contributed by atoms with E-state index in [-0.39, 0.29) is 6.61 Å². The highest BCUT2D eigenvalue weighted by Crippen LogP contribution is 2.45. The molecule has 1 aliphatic carbocycles. The first-order chi connectivity index (χ1) is 13.1. The minimum Gasteiger partial charge on any atom is -0.444 e. The number of rotatable bonds is 5. The lowest BCUT2D eigenvalue weighted by molar-refractivity contribution is 0.155. The Hall–Kier alpha value is -3.08. The van der Waals surface area contributed by atoms with Gasteiger partial charge in [-0.2, -0.15) is 5.10 Å². The van der Waals surface area contributed by atoms with Crippen LogP contribution in [0, 0.1) is 13.8 Å². The first kappa shape index (κ1) is 17.3. The Bertz CT molecular complexity index is 959. The van der Waals surface area contributed by atoms with Crippen molar-refractivity contribution in [3.05, 3.63) is 70.9 Å². The molecular weight excluding hydrogens is 338 g/mol. The van der Waals surface area contributed by atoms with E-state index in [1.165, 1.54) is 5.56 Å². The fraction of sp³-hybridized carbons (Fsp3) is 0.273. The summed E-state index contributed by atoms with van der Waals surface area (Å²) in [6.45, 7) is 4.37. The molecule has 2 N–H and O–H groups in total. The van der Waals surface area contributed by atoms with Crippen LogP contribution in [0.25, 0.3) is 11.3 Å². The number of aryl methyl sites for hydroxylation is 2. The van der Waals surface area contributed by atoms with Crippen molar-refractivity contribution < 1.29 is 9.53 Å². The van der Waals surface area contributed by atoms with Crippen molar-refractivity contribution in [1.82, 2.24) is 10.2 Å². The standard InChI is InChI=1S/C22H23N3O2/c1-14-8-11-18(15(2)12-14)20-21(19(24-25-20)17-9-10-17)23-22(26)27-13-16-6-4-3-5-7-16/h3-8,11-12,17H,9-10,13H2,1-2H3,(H,23,26)(H,24,25). The molecule has 0 atom stereocenters. The van der Waals surface area contributed by atoms with Crippen LogP contribution in [0.5, 0.6) is 0 Å². The molecule has 27 heavy (non-hydrogen) atoms. The molecule has 0 bridgehead atoms. The van der Waals surface area contributed by atoms with E-state index >= 15 is 0 Å². The molecule has 3 aromatic rings. The van der Waals surface area contributed by atoms with Crippen LogP contribution < -0.4 is 5.32 Å². The summed E-state index contributed by atoms with van der Waals surface area (Å²) >= 11 is 0.